The Morgan fingerprint density at radius 3 is 2.06 bits per heavy atom. The van der Waals surface area contributed by atoms with E-state index in [1.807, 2.05) is 49.0 Å². The summed E-state index contributed by atoms with van der Waals surface area (Å²) >= 11 is 0. The Morgan fingerprint density at radius 1 is 0.912 bits per heavy atom. The average molecular weight is 476 g/mol. The van der Waals surface area contributed by atoms with Crippen molar-refractivity contribution in [1.82, 2.24) is 5.32 Å². The molecule has 5 nitrogen and oxygen atoms in total. The van der Waals surface area contributed by atoms with Crippen LogP contribution < -0.4 is 9.88 Å². The topological polar surface area (TPSA) is 51.4 Å². The lowest BCUT2D eigenvalue weighted by atomic mass is 10.0. The van der Waals surface area contributed by atoms with Gasteiger partial charge in [-0.3, -0.25) is 4.79 Å². The van der Waals surface area contributed by atoms with Crippen LogP contribution in [0.5, 0.6) is 0 Å². The number of methoxy groups -OCH3 is 1. The minimum Gasteiger partial charge on any atom is -0.382 e. The van der Waals surface area contributed by atoms with Crippen LogP contribution >= 0.6 is 0 Å². The highest BCUT2D eigenvalue weighted by molar-refractivity contribution is 5.74. The molecule has 0 bridgehead atoms. The van der Waals surface area contributed by atoms with E-state index < -0.39 is 0 Å². The van der Waals surface area contributed by atoms with E-state index in [-0.39, 0.29) is 30.7 Å². The molecular formula is C29H51N2O3+. The molecule has 1 aromatic heterocycles. The smallest absolute Gasteiger partial charge is 0.286 e. The van der Waals surface area contributed by atoms with Gasteiger partial charge in [-0.15, -0.1) is 0 Å². The maximum absolute atomic E-state index is 12.6. The minimum absolute atomic E-state index is 0.0469. The van der Waals surface area contributed by atoms with Crippen LogP contribution in [0.15, 0.2) is 42.7 Å². The van der Waals surface area contributed by atoms with E-state index in [1.54, 1.807) is 7.11 Å². The Kier molecular flexibility index (Phi) is 18.4. The average Bonchev–Trinajstić information content (AvgIpc) is 2.81. The second kappa shape index (κ2) is 20.6. The first-order chi connectivity index (χ1) is 16.6. The van der Waals surface area contributed by atoms with Crippen LogP contribution in [0.3, 0.4) is 0 Å². The summed E-state index contributed by atoms with van der Waals surface area (Å²) in [6.07, 6.45) is 23.9. The van der Waals surface area contributed by atoms with E-state index in [9.17, 15) is 4.79 Å². The molecule has 194 valence electrons. The van der Waals surface area contributed by atoms with Crippen molar-refractivity contribution < 1.29 is 18.8 Å². The van der Waals surface area contributed by atoms with Gasteiger partial charge in [0.15, 0.2) is 12.4 Å². The predicted octanol–water partition coefficient (Wildman–Crippen LogP) is 6.16. The van der Waals surface area contributed by atoms with Gasteiger partial charge in [0.2, 0.25) is 6.54 Å². The van der Waals surface area contributed by atoms with Gasteiger partial charge in [-0.2, -0.15) is 4.57 Å². The Labute approximate surface area is 209 Å². The zero-order valence-electron chi connectivity index (χ0n) is 22.3. The predicted molar refractivity (Wildman–Crippen MR) is 141 cm³/mol. The summed E-state index contributed by atoms with van der Waals surface area (Å²) < 4.78 is 13.4. The molecule has 0 saturated carbocycles. The van der Waals surface area contributed by atoms with Gasteiger partial charge >= 0.3 is 0 Å². The van der Waals surface area contributed by atoms with Crippen molar-refractivity contribution in [3.63, 3.8) is 0 Å². The quantitative estimate of drug-likeness (QED) is 0.132. The molecule has 0 aliphatic rings. The van der Waals surface area contributed by atoms with Crippen LogP contribution in [0.25, 0.3) is 0 Å². The zero-order valence-corrected chi connectivity index (χ0v) is 22.3. The van der Waals surface area contributed by atoms with Crippen molar-refractivity contribution in [2.75, 3.05) is 13.7 Å². The number of nitrogens with zero attached hydrogens (tertiary/aromatic N) is 1. The van der Waals surface area contributed by atoms with E-state index in [4.69, 9.17) is 9.47 Å². The van der Waals surface area contributed by atoms with Crippen molar-refractivity contribution in [2.24, 2.45) is 0 Å². The van der Waals surface area contributed by atoms with Crippen molar-refractivity contribution >= 4 is 5.91 Å². The normalized spacial score (nSPS) is 13.4. The fourth-order valence-corrected chi connectivity index (χ4v) is 4.10. The highest BCUT2D eigenvalue weighted by atomic mass is 16.5. The fraction of sp³-hybridized carbons (Fsp3) is 0.724. The molecular weight excluding hydrogens is 424 g/mol. The number of carbonyl (C=O) groups excluding carboxylic acids is 1. The van der Waals surface area contributed by atoms with E-state index in [0.717, 1.165) is 6.42 Å². The number of aromatic nitrogens is 1. The molecule has 0 spiro atoms. The van der Waals surface area contributed by atoms with Crippen LogP contribution in [0, 0.1) is 0 Å². The third kappa shape index (κ3) is 16.0. The molecule has 1 amide bonds. The number of carbonyl (C=O) groups is 1. The monoisotopic (exact) mass is 475 g/mol. The maximum Gasteiger partial charge on any atom is 0.286 e. The molecule has 2 atom stereocenters. The minimum atomic E-state index is -0.224. The van der Waals surface area contributed by atoms with Gasteiger partial charge in [0.05, 0.1) is 24.9 Å². The van der Waals surface area contributed by atoms with E-state index in [1.165, 1.54) is 70.6 Å². The Balaban J connectivity index is 2.37. The van der Waals surface area contributed by atoms with Gasteiger partial charge in [-0.25, -0.2) is 0 Å². The summed E-state index contributed by atoms with van der Waals surface area (Å²) in [5.41, 5.74) is 0. The Hall–Kier alpha value is -1.72. The molecule has 0 aromatic carbocycles. The van der Waals surface area contributed by atoms with Crippen molar-refractivity contribution in [3.05, 3.63) is 42.7 Å². The SMILES string of the molecule is CCCCCCCCCCCCC/C=C/[C@H](OC(C)C)[C@H](COC)NC(=O)C[n+]1ccccc1. The second-order valence-corrected chi connectivity index (χ2v) is 9.58. The molecule has 0 fully saturated rings. The lowest BCUT2D eigenvalue weighted by Crippen LogP contribution is -2.51. The first-order valence-electron chi connectivity index (χ1n) is 13.6. The van der Waals surface area contributed by atoms with Gasteiger partial charge in [0.25, 0.3) is 5.91 Å². The fourth-order valence-electron chi connectivity index (χ4n) is 4.10. The third-order valence-corrected chi connectivity index (χ3v) is 5.92. The zero-order chi connectivity index (χ0) is 24.9. The number of pyridine rings is 1. The first kappa shape index (κ1) is 30.3. The number of nitrogens with one attached hydrogen (secondary N) is 1. The number of allylic oxidation sites excluding steroid dienone is 1. The molecule has 1 aromatic rings. The molecule has 34 heavy (non-hydrogen) atoms. The van der Waals surface area contributed by atoms with Crippen LogP contribution in [-0.2, 0) is 20.8 Å². The van der Waals surface area contributed by atoms with Gasteiger partial charge in [0, 0.05) is 19.2 Å². The van der Waals surface area contributed by atoms with E-state index in [0.29, 0.717) is 6.61 Å². The molecule has 0 saturated heterocycles. The van der Waals surface area contributed by atoms with Gasteiger partial charge in [-0.05, 0) is 26.7 Å². The Bertz CT molecular complexity index is 634. The van der Waals surface area contributed by atoms with Crippen LogP contribution in [0.1, 0.15) is 97.8 Å². The van der Waals surface area contributed by atoms with Crippen LogP contribution in [-0.4, -0.2) is 37.9 Å². The highest BCUT2D eigenvalue weighted by Gasteiger charge is 2.24. The van der Waals surface area contributed by atoms with Crippen molar-refractivity contribution in [3.8, 4) is 0 Å². The van der Waals surface area contributed by atoms with Crippen molar-refractivity contribution in [1.29, 1.82) is 0 Å². The van der Waals surface area contributed by atoms with E-state index in [2.05, 4.69) is 24.4 Å². The van der Waals surface area contributed by atoms with E-state index >= 15 is 0 Å². The van der Waals surface area contributed by atoms with Crippen LogP contribution in [0.2, 0.25) is 0 Å². The van der Waals surface area contributed by atoms with Gasteiger partial charge in [-0.1, -0.05) is 89.4 Å². The molecule has 0 aliphatic heterocycles. The standard InChI is InChI=1S/C29H50N2O3/c1-5-6-7-8-9-10-11-12-13-14-15-16-18-21-28(34-26(2)3)27(25-33-4)30-29(32)24-31-22-19-17-20-23-31/h17-23,26-28H,5-16,24-25H2,1-4H3/p+1/b21-18+/t27-,28-/m0/s1. The summed E-state index contributed by atoms with van der Waals surface area (Å²) in [5, 5.41) is 3.11. The number of hydrogen-bond donors (Lipinski definition) is 1. The molecule has 1 heterocycles. The summed E-state index contributed by atoms with van der Waals surface area (Å²) in [5.74, 6) is -0.0469. The largest absolute Gasteiger partial charge is 0.382 e. The molecule has 1 rings (SSSR count). The molecule has 5 heteroatoms. The molecule has 1 N–H and O–H groups in total. The Morgan fingerprint density at radius 2 is 1.50 bits per heavy atom. The highest BCUT2D eigenvalue weighted by Crippen LogP contribution is 2.13. The lowest BCUT2D eigenvalue weighted by molar-refractivity contribution is -0.684. The van der Waals surface area contributed by atoms with Crippen molar-refractivity contribution in [2.45, 2.75) is 123 Å². The lowest BCUT2D eigenvalue weighted by Gasteiger charge is -2.27. The number of amides is 1. The maximum atomic E-state index is 12.6. The number of ether oxygens (including phenoxy) is 2. The third-order valence-electron chi connectivity index (χ3n) is 5.92. The summed E-state index contributed by atoms with van der Waals surface area (Å²) in [7, 11) is 1.66. The van der Waals surface area contributed by atoms with Crippen LogP contribution in [0.4, 0.5) is 0 Å². The van der Waals surface area contributed by atoms with Gasteiger partial charge < -0.3 is 14.8 Å². The first-order valence-corrected chi connectivity index (χ1v) is 13.6. The summed E-state index contributed by atoms with van der Waals surface area (Å²) in [6.45, 7) is 7.00. The molecule has 0 radical (unpaired) electrons. The number of rotatable bonds is 21. The number of hydrogen-bond acceptors (Lipinski definition) is 3. The summed E-state index contributed by atoms with van der Waals surface area (Å²) in [4.78, 5) is 12.6. The number of unbranched alkanes of at least 4 members (excludes halogenated alkanes) is 11. The molecule has 0 unspecified atom stereocenters. The second-order valence-electron chi connectivity index (χ2n) is 9.58. The molecule has 0 aliphatic carbocycles. The summed E-state index contributed by atoms with van der Waals surface area (Å²) in [6, 6.07) is 5.55. The van der Waals surface area contributed by atoms with Gasteiger partial charge in [0.1, 0.15) is 0 Å².